The van der Waals surface area contributed by atoms with Crippen LogP contribution in [0.5, 0.6) is 5.75 Å². The van der Waals surface area contributed by atoms with Gasteiger partial charge in [-0.3, -0.25) is 0 Å². The molecule has 132 valence electrons. The van der Waals surface area contributed by atoms with Crippen molar-refractivity contribution in [2.24, 2.45) is 0 Å². The standard InChI is InChI=1S/C22H20BrNO2/c1-3-25-14-26-22-18(23)12-15(2)13-21(22)24-19-10-6-4-8-16(19)17-9-5-7-11-20(17)24/h4-13H,3,14H2,1-2H3. The van der Waals surface area contributed by atoms with Gasteiger partial charge in [-0.2, -0.15) is 0 Å². The van der Waals surface area contributed by atoms with Crippen molar-refractivity contribution in [2.45, 2.75) is 13.8 Å². The number of ether oxygens (including phenoxy) is 2. The highest BCUT2D eigenvalue weighted by molar-refractivity contribution is 9.10. The molecule has 4 heteroatoms. The first-order chi connectivity index (χ1) is 12.7. The Morgan fingerprint density at radius 2 is 1.54 bits per heavy atom. The molecule has 1 heterocycles. The van der Waals surface area contributed by atoms with Gasteiger partial charge in [0.1, 0.15) is 0 Å². The highest BCUT2D eigenvalue weighted by atomic mass is 79.9. The number of aromatic nitrogens is 1. The van der Waals surface area contributed by atoms with Gasteiger partial charge in [-0.1, -0.05) is 36.4 Å². The number of rotatable bonds is 5. The number of para-hydroxylation sites is 2. The van der Waals surface area contributed by atoms with Gasteiger partial charge in [-0.25, -0.2) is 0 Å². The van der Waals surface area contributed by atoms with Gasteiger partial charge in [0, 0.05) is 17.4 Å². The zero-order chi connectivity index (χ0) is 18.1. The molecule has 26 heavy (non-hydrogen) atoms. The van der Waals surface area contributed by atoms with Crippen molar-refractivity contribution in [3.05, 3.63) is 70.7 Å². The summed E-state index contributed by atoms with van der Waals surface area (Å²) in [5, 5.41) is 2.47. The van der Waals surface area contributed by atoms with Crippen LogP contribution in [-0.2, 0) is 4.74 Å². The van der Waals surface area contributed by atoms with Crippen molar-refractivity contribution in [2.75, 3.05) is 13.4 Å². The maximum atomic E-state index is 6.00. The summed E-state index contributed by atoms with van der Waals surface area (Å²) in [7, 11) is 0. The van der Waals surface area contributed by atoms with Gasteiger partial charge in [0.2, 0.25) is 0 Å². The molecule has 0 saturated heterocycles. The maximum absolute atomic E-state index is 6.00. The lowest BCUT2D eigenvalue weighted by molar-refractivity contribution is 0.0219. The normalized spacial score (nSPS) is 11.3. The lowest BCUT2D eigenvalue weighted by Crippen LogP contribution is -2.06. The second kappa shape index (κ2) is 7.14. The molecule has 0 saturated carbocycles. The number of aryl methyl sites for hydroxylation is 1. The van der Waals surface area contributed by atoms with Crippen LogP contribution < -0.4 is 4.74 Å². The molecule has 0 aliphatic carbocycles. The molecule has 0 N–H and O–H groups in total. The summed E-state index contributed by atoms with van der Waals surface area (Å²) in [6.45, 7) is 4.90. The van der Waals surface area contributed by atoms with Crippen LogP contribution in [0.25, 0.3) is 27.5 Å². The average Bonchev–Trinajstić information content (AvgIpc) is 2.98. The summed E-state index contributed by atoms with van der Waals surface area (Å²) >= 11 is 3.67. The van der Waals surface area contributed by atoms with E-state index in [1.807, 2.05) is 6.92 Å². The van der Waals surface area contributed by atoms with E-state index >= 15 is 0 Å². The molecule has 0 unspecified atom stereocenters. The van der Waals surface area contributed by atoms with E-state index in [0.29, 0.717) is 6.61 Å². The Hall–Kier alpha value is -2.30. The third-order valence-electron chi connectivity index (χ3n) is 4.48. The van der Waals surface area contributed by atoms with E-state index in [0.717, 1.165) is 32.5 Å². The Morgan fingerprint density at radius 3 is 2.15 bits per heavy atom. The van der Waals surface area contributed by atoms with Crippen LogP contribution in [0.15, 0.2) is 65.1 Å². The Morgan fingerprint density at radius 1 is 0.923 bits per heavy atom. The summed E-state index contributed by atoms with van der Waals surface area (Å²) in [5.74, 6) is 0.788. The molecule has 0 bridgehead atoms. The Labute approximate surface area is 161 Å². The number of benzene rings is 3. The van der Waals surface area contributed by atoms with Crippen molar-refractivity contribution in [3.8, 4) is 11.4 Å². The zero-order valence-electron chi connectivity index (χ0n) is 14.8. The lowest BCUT2D eigenvalue weighted by atomic mass is 10.2. The first-order valence-electron chi connectivity index (χ1n) is 8.70. The molecular formula is C22H20BrNO2. The number of hydrogen-bond acceptors (Lipinski definition) is 2. The largest absolute Gasteiger partial charge is 0.464 e. The maximum Gasteiger partial charge on any atom is 0.189 e. The van der Waals surface area contributed by atoms with Crippen molar-refractivity contribution in [1.29, 1.82) is 0 Å². The molecule has 4 aromatic rings. The van der Waals surface area contributed by atoms with Gasteiger partial charge in [-0.05, 0) is 59.6 Å². The third-order valence-corrected chi connectivity index (χ3v) is 5.07. The van der Waals surface area contributed by atoms with Gasteiger partial charge in [0.05, 0.1) is 21.2 Å². The lowest BCUT2D eigenvalue weighted by Gasteiger charge is -2.17. The van der Waals surface area contributed by atoms with E-state index in [9.17, 15) is 0 Å². The molecule has 0 spiro atoms. The minimum Gasteiger partial charge on any atom is -0.464 e. The first kappa shape index (κ1) is 17.1. The van der Waals surface area contributed by atoms with Crippen molar-refractivity contribution in [3.63, 3.8) is 0 Å². The summed E-state index contributed by atoms with van der Waals surface area (Å²) in [6, 6.07) is 21.2. The summed E-state index contributed by atoms with van der Waals surface area (Å²) in [6.07, 6.45) is 0. The molecule has 0 aliphatic rings. The second-order valence-electron chi connectivity index (χ2n) is 6.22. The molecule has 0 atom stereocenters. The molecule has 0 amide bonds. The fourth-order valence-electron chi connectivity index (χ4n) is 3.39. The zero-order valence-corrected chi connectivity index (χ0v) is 16.4. The summed E-state index contributed by atoms with van der Waals surface area (Å²) in [4.78, 5) is 0. The Bertz CT molecular complexity index is 1030. The van der Waals surface area contributed by atoms with Crippen LogP contribution in [0.1, 0.15) is 12.5 Å². The Kier molecular flexibility index (Phi) is 4.70. The predicted octanol–water partition coefficient (Wildman–Crippen LogP) is 6.23. The smallest absolute Gasteiger partial charge is 0.189 e. The fourth-order valence-corrected chi connectivity index (χ4v) is 4.06. The van der Waals surface area contributed by atoms with Crippen LogP contribution in [0.3, 0.4) is 0 Å². The summed E-state index contributed by atoms with van der Waals surface area (Å²) < 4.78 is 14.6. The fraction of sp³-hybridized carbons (Fsp3) is 0.182. The van der Waals surface area contributed by atoms with E-state index in [4.69, 9.17) is 9.47 Å². The van der Waals surface area contributed by atoms with Crippen LogP contribution in [0, 0.1) is 6.92 Å². The van der Waals surface area contributed by atoms with Crippen LogP contribution in [-0.4, -0.2) is 18.0 Å². The van der Waals surface area contributed by atoms with Gasteiger partial charge in [0.25, 0.3) is 0 Å². The quantitative estimate of drug-likeness (QED) is 0.288. The number of nitrogens with zero attached hydrogens (tertiary/aromatic N) is 1. The molecule has 1 aromatic heterocycles. The molecule has 3 aromatic carbocycles. The second-order valence-corrected chi connectivity index (χ2v) is 7.07. The molecule has 0 radical (unpaired) electrons. The third kappa shape index (κ3) is 2.89. The van der Waals surface area contributed by atoms with E-state index in [1.54, 1.807) is 0 Å². The van der Waals surface area contributed by atoms with Crippen LogP contribution in [0.2, 0.25) is 0 Å². The number of halogens is 1. The van der Waals surface area contributed by atoms with E-state index in [1.165, 1.54) is 10.8 Å². The highest BCUT2D eigenvalue weighted by Gasteiger charge is 2.17. The molecule has 4 rings (SSSR count). The van der Waals surface area contributed by atoms with E-state index in [2.05, 4.69) is 88.1 Å². The minimum absolute atomic E-state index is 0.224. The molecular weight excluding hydrogens is 390 g/mol. The first-order valence-corrected chi connectivity index (χ1v) is 9.49. The Balaban J connectivity index is 2.03. The van der Waals surface area contributed by atoms with E-state index < -0.39 is 0 Å². The van der Waals surface area contributed by atoms with Gasteiger partial charge in [0.15, 0.2) is 12.5 Å². The van der Waals surface area contributed by atoms with Crippen LogP contribution >= 0.6 is 15.9 Å². The summed E-state index contributed by atoms with van der Waals surface area (Å²) in [5.41, 5.74) is 4.49. The highest BCUT2D eigenvalue weighted by Crippen LogP contribution is 2.39. The monoisotopic (exact) mass is 409 g/mol. The molecule has 0 aliphatic heterocycles. The average molecular weight is 410 g/mol. The minimum atomic E-state index is 0.224. The van der Waals surface area contributed by atoms with Gasteiger partial charge < -0.3 is 14.0 Å². The van der Waals surface area contributed by atoms with Gasteiger partial charge >= 0.3 is 0 Å². The number of hydrogen-bond donors (Lipinski definition) is 0. The van der Waals surface area contributed by atoms with Crippen molar-refractivity contribution < 1.29 is 9.47 Å². The van der Waals surface area contributed by atoms with Crippen LogP contribution in [0.4, 0.5) is 0 Å². The molecule has 3 nitrogen and oxygen atoms in total. The predicted molar refractivity (Wildman–Crippen MR) is 110 cm³/mol. The number of fused-ring (bicyclic) bond motifs is 3. The van der Waals surface area contributed by atoms with Gasteiger partial charge in [-0.15, -0.1) is 0 Å². The topological polar surface area (TPSA) is 23.4 Å². The molecule has 0 fully saturated rings. The SMILES string of the molecule is CCOCOc1c(Br)cc(C)cc1-n1c2ccccc2c2ccccc21. The van der Waals surface area contributed by atoms with E-state index in [-0.39, 0.29) is 6.79 Å². The van der Waals surface area contributed by atoms with Crippen molar-refractivity contribution >= 4 is 37.7 Å². The van der Waals surface area contributed by atoms with Crippen molar-refractivity contribution in [1.82, 2.24) is 4.57 Å².